The van der Waals surface area contributed by atoms with Crippen molar-refractivity contribution in [1.82, 2.24) is 25.1 Å². The fourth-order valence-corrected chi connectivity index (χ4v) is 7.81. The Labute approximate surface area is 280 Å². The lowest BCUT2D eigenvalue weighted by atomic mass is 9.76. The summed E-state index contributed by atoms with van der Waals surface area (Å²) in [7, 11) is 2.79. The Morgan fingerprint density at radius 1 is 0.959 bits per heavy atom. The number of nitrogens with one attached hydrogen (secondary N) is 2. The number of hydrogen-bond donors (Lipinski definition) is 3. The Bertz CT molecular complexity index is 1920. The van der Waals surface area contributed by atoms with Crippen LogP contribution in [0, 0.1) is 11.8 Å². The SMILES string of the molecule is COc1ccc(C2[C@@H]3C(=O)N(C)C(=O)[C@@H]3C(Cc3cnc[nH]3)(C(=O)O)N2C(=O)CNC(=O)OCC2c3ccccc3-c3ccccc32)cc1. The second-order valence-corrected chi connectivity index (χ2v) is 12.4. The predicted octanol–water partition coefficient (Wildman–Crippen LogP) is 3.14. The molecule has 0 radical (unpaired) electrons. The first-order chi connectivity index (χ1) is 23.7. The molecular formula is C36H33N5O8. The Balaban J connectivity index is 1.19. The molecule has 4 amide bonds. The van der Waals surface area contributed by atoms with Crippen molar-refractivity contribution in [2.75, 3.05) is 27.3 Å². The number of carbonyl (C=O) groups is 5. The molecule has 2 fully saturated rings. The number of carboxylic acid groups (broad SMARTS) is 1. The van der Waals surface area contributed by atoms with Crippen LogP contribution in [0.15, 0.2) is 85.3 Å². The maximum Gasteiger partial charge on any atom is 0.407 e. The molecule has 13 nitrogen and oxygen atoms in total. The van der Waals surface area contributed by atoms with Gasteiger partial charge in [-0.2, -0.15) is 0 Å². The van der Waals surface area contributed by atoms with Crippen LogP contribution in [0.5, 0.6) is 5.75 Å². The molecule has 0 spiro atoms. The maximum absolute atomic E-state index is 14.3. The second kappa shape index (κ2) is 12.2. The number of carbonyl (C=O) groups excluding carboxylic acids is 4. The molecule has 4 atom stereocenters. The van der Waals surface area contributed by atoms with Crippen LogP contribution in [0.4, 0.5) is 4.79 Å². The number of fused-ring (bicyclic) bond motifs is 4. The summed E-state index contributed by atoms with van der Waals surface area (Å²) in [5, 5.41) is 13.5. The number of aromatic amines is 1. The first kappa shape index (κ1) is 31.6. The molecular weight excluding hydrogens is 630 g/mol. The summed E-state index contributed by atoms with van der Waals surface area (Å²) < 4.78 is 10.9. The average molecular weight is 664 g/mol. The summed E-state index contributed by atoms with van der Waals surface area (Å²) in [6, 6.07) is 21.1. The summed E-state index contributed by atoms with van der Waals surface area (Å²) in [5.74, 6) is -5.94. The van der Waals surface area contributed by atoms with Gasteiger partial charge in [0.15, 0.2) is 5.54 Å². The van der Waals surface area contributed by atoms with Gasteiger partial charge < -0.3 is 29.8 Å². The van der Waals surface area contributed by atoms with Gasteiger partial charge in [-0.3, -0.25) is 19.3 Å². The third kappa shape index (κ3) is 5.00. The van der Waals surface area contributed by atoms with E-state index in [1.54, 1.807) is 24.3 Å². The molecule has 2 saturated heterocycles. The number of aliphatic carboxylic acids is 1. The lowest BCUT2D eigenvalue weighted by Crippen LogP contribution is -2.62. The van der Waals surface area contributed by atoms with Crippen LogP contribution >= 0.6 is 0 Å². The molecule has 3 aromatic carbocycles. The number of benzene rings is 3. The van der Waals surface area contributed by atoms with E-state index in [1.165, 1.54) is 26.7 Å². The van der Waals surface area contributed by atoms with E-state index in [4.69, 9.17) is 9.47 Å². The van der Waals surface area contributed by atoms with Gasteiger partial charge in [-0.05, 0) is 39.9 Å². The highest BCUT2D eigenvalue weighted by Gasteiger charge is 2.73. The first-order valence-electron chi connectivity index (χ1n) is 15.7. The van der Waals surface area contributed by atoms with Crippen LogP contribution in [-0.2, 0) is 30.3 Å². The standard InChI is InChI=1S/C36H33N5O8/c1-40-32(43)29-30(33(40)44)36(34(45)46,15-21-16-37-19-39-21)41(31(29)20-11-13-22(48-2)14-12-20)28(42)17-38-35(47)49-18-27-25-9-5-3-7-23(25)24-8-4-6-10-26(24)27/h3-14,16,19,27,29-31H,15,17-18H2,1-2H3,(H,37,39)(H,38,47)(H,45,46)/t29-,30-,31?,36?/m1/s1. The number of nitrogens with zero attached hydrogens (tertiary/aromatic N) is 3. The highest BCUT2D eigenvalue weighted by atomic mass is 16.5. The van der Waals surface area contributed by atoms with Gasteiger partial charge >= 0.3 is 12.1 Å². The number of alkyl carbamates (subject to hydrolysis) is 1. The van der Waals surface area contributed by atoms with Crippen molar-refractivity contribution in [3.63, 3.8) is 0 Å². The molecule has 0 bridgehead atoms. The predicted molar refractivity (Wildman–Crippen MR) is 173 cm³/mol. The van der Waals surface area contributed by atoms with E-state index in [0.717, 1.165) is 32.1 Å². The van der Waals surface area contributed by atoms with Crippen molar-refractivity contribution in [3.8, 4) is 16.9 Å². The summed E-state index contributed by atoms with van der Waals surface area (Å²) in [4.78, 5) is 77.2. The van der Waals surface area contributed by atoms with Crippen molar-refractivity contribution in [2.24, 2.45) is 11.8 Å². The van der Waals surface area contributed by atoms with E-state index in [9.17, 15) is 29.1 Å². The Hall–Kier alpha value is -5.98. The zero-order valence-electron chi connectivity index (χ0n) is 26.7. The van der Waals surface area contributed by atoms with Crippen molar-refractivity contribution in [2.45, 2.75) is 23.9 Å². The van der Waals surface area contributed by atoms with Gasteiger partial charge in [-0.15, -0.1) is 0 Å². The van der Waals surface area contributed by atoms with Crippen LogP contribution in [0.3, 0.4) is 0 Å². The zero-order valence-corrected chi connectivity index (χ0v) is 26.7. The fourth-order valence-electron chi connectivity index (χ4n) is 7.81. The molecule has 3 heterocycles. The van der Waals surface area contributed by atoms with Crippen LogP contribution in [-0.4, -0.2) is 87.5 Å². The minimum Gasteiger partial charge on any atom is -0.497 e. The quantitative estimate of drug-likeness (QED) is 0.228. The molecule has 49 heavy (non-hydrogen) atoms. The smallest absolute Gasteiger partial charge is 0.407 e. The topological polar surface area (TPSA) is 171 Å². The van der Waals surface area contributed by atoms with Gasteiger partial charge in [0.2, 0.25) is 17.7 Å². The zero-order chi connectivity index (χ0) is 34.4. The van der Waals surface area contributed by atoms with E-state index in [1.807, 2.05) is 48.5 Å². The normalized spacial score (nSPS) is 22.4. The molecule has 3 aliphatic rings. The van der Waals surface area contributed by atoms with Gasteiger partial charge in [0, 0.05) is 31.3 Å². The number of methoxy groups -OCH3 is 1. The van der Waals surface area contributed by atoms with Crippen LogP contribution in [0.2, 0.25) is 0 Å². The fraction of sp³-hybridized carbons (Fsp3) is 0.278. The third-order valence-corrected chi connectivity index (χ3v) is 9.97. The highest BCUT2D eigenvalue weighted by Crippen LogP contribution is 2.56. The molecule has 1 aliphatic carbocycles. The Kier molecular flexibility index (Phi) is 7.89. The molecule has 250 valence electrons. The number of hydrogen-bond acceptors (Lipinski definition) is 8. The van der Waals surface area contributed by atoms with Crippen LogP contribution in [0.25, 0.3) is 11.1 Å². The minimum absolute atomic E-state index is 0.00458. The van der Waals surface area contributed by atoms with Gasteiger partial charge in [0.05, 0.1) is 31.3 Å². The van der Waals surface area contributed by atoms with Crippen LogP contribution in [0.1, 0.15) is 34.3 Å². The molecule has 2 unspecified atom stereocenters. The van der Waals surface area contributed by atoms with E-state index >= 15 is 0 Å². The molecule has 2 aliphatic heterocycles. The molecule has 3 N–H and O–H groups in total. The van der Waals surface area contributed by atoms with Crippen molar-refractivity contribution in [1.29, 1.82) is 0 Å². The van der Waals surface area contributed by atoms with Crippen LogP contribution < -0.4 is 10.1 Å². The first-order valence-corrected chi connectivity index (χ1v) is 15.7. The lowest BCUT2D eigenvalue weighted by Gasteiger charge is -2.40. The van der Waals surface area contributed by atoms with E-state index in [0.29, 0.717) is 17.0 Å². The van der Waals surface area contributed by atoms with Crippen molar-refractivity contribution >= 4 is 29.8 Å². The number of likely N-dealkylation sites (tertiary alicyclic amines) is 2. The van der Waals surface area contributed by atoms with Gasteiger partial charge in [-0.1, -0.05) is 60.7 Å². The summed E-state index contributed by atoms with van der Waals surface area (Å²) in [6.07, 6.45) is 1.54. The van der Waals surface area contributed by atoms with E-state index in [-0.39, 0.29) is 18.9 Å². The lowest BCUT2D eigenvalue weighted by molar-refractivity contribution is -0.164. The van der Waals surface area contributed by atoms with Gasteiger partial charge in [0.1, 0.15) is 18.9 Å². The van der Waals surface area contributed by atoms with Crippen molar-refractivity contribution in [3.05, 3.63) is 108 Å². The Morgan fingerprint density at radius 2 is 1.61 bits per heavy atom. The number of amides is 4. The van der Waals surface area contributed by atoms with Crippen molar-refractivity contribution < 1.29 is 38.6 Å². The molecule has 4 aromatic rings. The number of ether oxygens (including phenoxy) is 2. The molecule has 13 heteroatoms. The molecule has 7 rings (SSSR count). The number of carboxylic acids is 1. The number of imide groups is 1. The largest absolute Gasteiger partial charge is 0.497 e. The monoisotopic (exact) mass is 663 g/mol. The molecule has 1 aromatic heterocycles. The van der Waals surface area contributed by atoms with E-state index in [2.05, 4.69) is 15.3 Å². The second-order valence-electron chi connectivity index (χ2n) is 12.4. The number of H-pyrrole nitrogens is 1. The number of aromatic nitrogens is 2. The number of rotatable bonds is 9. The summed E-state index contributed by atoms with van der Waals surface area (Å²) in [6.45, 7) is -0.649. The van der Waals surface area contributed by atoms with E-state index < -0.39 is 59.7 Å². The Morgan fingerprint density at radius 3 is 2.20 bits per heavy atom. The highest BCUT2D eigenvalue weighted by molar-refractivity contribution is 6.10. The van der Waals surface area contributed by atoms with Gasteiger partial charge in [-0.25, -0.2) is 14.6 Å². The summed E-state index contributed by atoms with van der Waals surface area (Å²) >= 11 is 0. The maximum atomic E-state index is 14.3. The molecule has 0 saturated carbocycles. The van der Waals surface area contributed by atoms with Gasteiger partial charge in [0.25, 0.3) is 0 Å². The third-order valence-electron chi connectivity index (χ3n) is 9.97. The minimum atomic E-state index is -2.21. The average Bonchev–Trinajstić information content (AvgIpc) is 3.87. The summed E-state index contributed by atoms with van der Waals surface area (Å²) in [5.41, 5.74) is 2.71. The number of imidazole rings is 1.